The van der Waals surface area contributed by atoms with Gasteiger partial charge in [0.05, 0.1) is 5.69 Å². The molecule has 0 bridgehead atoms. The van der Waals surface area contributed by atoms with Crippen LogP contribution < -0.4 is 10.9 Å². The lowest BCUT2D eigenvalue weighted by Crippen LogP contribution is -2.13. The Morgan fingerprint density at radius 2 is 1.88 bits per heavy atom. The van der Waals surface area contributed by atoms with E-state index in [1.54, 1.807) is 7.05 Å². The second-order valence-electron chi connectivity index (χ2n) is 6.50. The number of aromatic amines is 2. The van der Waals surface area contributed by atoms with E-state index in [1.165, 1.54) is 4.68 Å². The molecule has 0 aliphatic carbocycles. The molecule has 0 unspecified atom stereocenters. The van der Waals surface area contributed by atoms with Gasteiger partial charge in [0.15, 0.2) is 11.5 Å². The number of nitrogens with one attached hydrogen (secondary N) is 3. The van der Waals surface area contributed by atoms with Gasteiger partial charge < -0.3 is 5.32 Å². The molecule has 2 heterocycles. The number of rotatable bonds is 4. The van der Waals surface area contributed by atoms with Gasteiger partial charge in [0.1, 0.15) is 5.82 Å². The molecule has 3 N–H and O–H groups in total. The van der Waals surface area contributed by atoms with Crippen LogP contribution in [0.1, 0.15) is 26.6 Å². The highest BCUT2D eigenvalue weighted by Gasteiger charge is 2.19. The van der Waals surface area contributed by atoms with Crippen LogP contribution in [0.4, 0.5) is 17.5 Å². The summed E-state index contributed by atoms with van der Waals surface area (Å²) in [6, 6.07) is 9.23. The zero-order chi connectivity index (χ0) is 18.0. The Hall–Kier alpha value is -3.23. The summed E-state index contributed by atoms with van der Waals surface area (Å²) in [7, 11) is 1.70. The Labute approximate surface area is 144 Å². The van der Waals surface area contributed by atoms with E-state index < -0.39 is 0 Å². The predicted octanol–water partition coefficient (Wildman–Crippen LogP) is 3.04. The molecule has 0 aliphatic heterocycles. The highest BCUT2D eigenvalue weighted by Crippen LogP contribution is 2.23. The maximum atomic E-state index is 12.6. The number of nitrogens with zero attached hydrogens (tertiary/aromatic N) is 5. The molecule has 0 amide bonds. The zero-order valence-electron chi connectivity index (χ0n) is 14.5. The summed E-state index contributed by atoms with van der Waals surface area (Å²) in [6.45, 7) is 6.04. The maximum Gasteiger partial charge on any atom is 0.301 e. The summed E-state index contributed by atoms with van der Waals surface area (Å²) in [5.74, 6) is 1.34. The minimum Gasteiger partial charge on any atom is -0.372 e. The van der Waals surface area contributed by atoms with Crippen molar-refractivity contribution < 1.29 is 0 Å². The molecule has 1 aromatic carbocycles. The van der Waals surface area contributed by atoms with Crippen LogP contribution in [0.25, 0.3) is 5.69 Å². The van der Waals surface area contributed by atoms with Crippen molar-refractivity contribution in [2.24, 2.45) is 10.2 Å². The van der Waals surface area contributed by atoms with E-state index in [0.29, 0.717) is 17.3 Å². The molecule has 9 nitrogen and oxygen atoms in total. The van der Waals surface area contributed by atoms with E-state index >= 15 is 0 Å². The van der Waals surface area contributed by atoms with E-state index in [1.807, 2.05) is 51.1 Å². The van der Waals surface area contributed by atoms with Crippen molar-refractivity contribution in [3.05, 3.63) is 46.5 Å². The largest absolute Gasteiger partial charge is 0.372 e. The van der Waals surface area contributed by atoms with E-state index in [2.05, 4.69) is 35.8 Å². The summed E-state index contributed by atoms with van der Waals surface area (Å²) < 4.78 is 1.40. The highest BCUT2D eigenvalue weighted by atomic mass is 16.1. The van der Waals surface area contributed by atoms with Crippen molar-refractivity contribution in [3.8, 4) is 5.69 Å². The van der Waals surface area contributed by atoms with Gasteiger partial charge in [-0.1, -0.05) is 39.0 Å². The standard InChI is InChI=1S/C16H20N8O/c1-16(2,3)14-18-15(22-20-14)21-19-11-12(17-4)23-24(13(11)25)10-8-6-5-7-9-10/h5-9,17,23H,1-4H3,(H,18,20,22). The fourth-order valence-electron chi connectivity index (χ4n) is 2.18. The average Bonchev–Trinajstić information content (AvgIpc) is 3.18. The molecule has 0 fully saturated rings. The van der Waals surface area contributed by atoms with Gasteiger partial charge in [-0.05, 0) is 12.1 Å². The smallest absolute Gasteiger partial charge is 0.301 e. The van der Waals surface area contributed by atoms with Gasteiger partial charge in [-0.3, -0.25) is 15.0 Å². The highest BCUT2D eigenvalue weighted by molar-refractivity contribution is 5.60. The van der Waals surface area contributed by atoms with Gasteiger partial charge >= 0.3 is 5.56 Å². The molecular weight excluding hydrogens is 320 g/mol. The summed E-state index contributed by atoms with van der Waals surface area (Å²) in [5, 5.41) is 20.8. The van der Waals surface area contributed by atoms with Gasteiger partial charge in [0.2, 0.25) is 0 Å². The third kappa shape index (κ3) is 3.35. The van der Waals surface area contributed by atoms with Crippen LogP contribution in [-0.4, -0.2) is 32.0 Å². The topological polar surface area (TPSA) is 116 Å². The van der Waals surface area contributed by atoms with Crippen LogP contribution in [0.2, 0.25) is 0 Å². The Morgan fingerprint density at radius 3 is 2.48 bits per heavy atom. The van der Waals surface area contributed by atoms with Crippen molar-refractivity contribution in [1.82, 2.24) is 25.0 Å². The molecule has 0 spiro atoms. The Bertz CT molecular complexity index is 943. The minimum absolute atomic E-state index is 0.161. The molecule has 25 heavy (non-hydrogen) atoms. The first-order chi connectivity index (χ1) is 11.9. The second-order valence-corrected chi connectivity index (χ2v) is 6.50. The SMILES string of the molecule is CNc1[nH]n(-c2ccccc2)c(=O)c1N=Nc1n[nH]c(C(C)(C)C)n1. The number of hydrogen-bond donors (Lipinski definition) is 3. The lowest BCUT2D eigenvalue weighted by Gasteiger charge is -2.12. The number of anilines is 1. The number of benzene rings is 1. The Kier molecular flexibility index (Phi) is 4.22. The lowest BCUT2D eigenvalue weighted by atomic mass is 9.96. The van der Waals surface area contributed by atoms with Crippen molar-refractivity contribution in [1.29, 1.82) is 0 Å². The third-order valence-corrected chi connectivity index (χ3v) is 3.55. The van der Waals surface area contributed by atoms with Crippen LogP contribution in [0.3, 0.4) is 0 Å². The van der Waals surface area contributed by atoms with E-state index in [0.717, 1.165) is 0 Å². The van der Waals surface area contributed by atoms with Crippen LogP contribution in [0, 0.1) is 0 Å². The average molecular weight is 340 g/mol. The van der Waals surface area contributed by atoms with Crippen molar-refractivity contribution in [3.63, 3.8) is 0 Å². The quantitative estimate of drug-likeness (QED) is 0.633. The fraction of sp³-hybridized carbons (Fsp3) is 0.312. The number of para-hydroxylation sites is 1. The molecule has 3 rings (SSSR count). The Morgan fingerprint density at radius 1 is 1.16 bits per heavy atom. The summed E-state index contributed by atoms with van der Waals surface area (Å²) >= 11 is 0. The van der Waals surface area contributed by atoms with Gasteiger partial charge in [0, 0.05) is 12.5 Å². The monoisotopic (exact) mass is 340 g/mol. The second kappa shape index (κ2) is 6.34. The van der Waals surface area contributed by atoms with Crippen molar-refractivity contribution >= 4 is 17.5 Å². The zero-order valence-corrected chi connectivity index (χ0v) is 14.5. The normalized spacial score (nSPS) is 12.0. The van der Waals surface area contributed by atoms with Crippen LogP contribution in [-0.2, 0) is 5.41 Å². The molecule has 3 aromatic rings. The molecule has 9 heteroatoms. The summed E-state index contributed by atoms with van der Waals surface area (Å²) in [6.07, 6.45) is 0. The maximum absolute atomic E-state index is 12.6. The molecule has 0 aliphatic rings. The van der Waals surface area contributed by atoms with Crippen LogP contribution in [0.15, 0.2) is 45.4 Å². The molecule has 0 saturated heterocycles. The first kappa shape index (κ1) is 16.6. The van der Waals surface area contributed by atoms with Crippen molar-refractivity contribution in [2.75, 3.05) is 12.4 Å². The number of hydrogen-bond acceptors (Lipinski definition) is 6. The first-order valence-electron chi connectivity index (χ1n) is 7.83. The van der Waals surface area contributed by atoms with Crippen LogP contribution >= 0.6 is 0 Å². The van der Waals surface area contributed by atoms with Gasteiger partial charge in [-0.25, -0.2) is 4.68 Å². The molecular formula is C16H20N8O. The van der Waals surface area contributed by atoms with E-state index in [4.69, 9.17) is 0 Å². The number of aromatic nitrogens is 5. The molecule has 0 radical (unpaired) electrons. The number of azo groups is 1. The van der Waals surface area contributed by atoms with Gasteiger partial charge in [-0.2, -0.15) is 4.98 Å². The fourth-order valence-corrected chi connectivity index (χ4v) is 2.18. The Balaban J connectivity index is 1.96. The minimum atomic E-state index is -0.314. The first-order valence-corrected chi connectivity index (χ1v) is 7.83. The molecule has 2 aromatic heterocycles. The molecule has 0 atom stereocenters. The number of H-pyrrole nitrogens is 2. The molecule has 130 valence electrons. The van der Waals surface area contributed by atoms with Crippen LogP contribution in [0.5, 0.6) is 0 Å². The summed E-state index contributed by atoms with van der Waals surface area (Å²) in [4.78, 5) is 16.9. The lowest BCUT2D eigenvalue weighted by molar-refractivity contribution is 0.548. The van der Waals surface area contributed by atoms with Gasteiger partial charge in [0.25, 0.3) is 5.95 Å². The predicted molar refractivity (Wildman–Crippen MR) is 95.2 cm³/mol. The van der Waals surface area contributed by atoms with E-state index in [-0.39, 0.29) is 22.6 Å². The van der Waals surface area contributed by atoms with Gasteiger partial charge in [-0.15, -0.1) is 15.3 Å². The third-order valence-electron chi connectivity index (χ3n) is 3.55. The van der Waals surface area contributed by atoms with Crippen molar-refractivity contribution in [2.45, 2.75) is 26.2 Å². The molecule has 0 saturated carbocycles. The van der Waals surface area contributed by atoms with E-state index in [9.17, 15) is 4.79 Å². The summed E-state index contributed by atoms with van der Waals surface area (Å²) in [5.41, 5.74) is 0.378.